The lowest BCUT2D eigenvalue weighted by Gasteiger charge is -2.08. The fraction of sp³-hybridized carbons (Fsp3) is 0.111. The van der Waals surface area contributed by atoms with Gasteiger partial charge in [0.2, 0.25) is 0 Å². The number of amides is 2. The summed E-state index contributed by atoms with van der Waals surface area (Å²) in [5.74, 6) is -1.41. The molecule has 8 heteroatoms. The summed E-state index contributed by atoms with van der Waals surface area (Å²) >= 11 is 0. The highest BCUT2D eigenvalue weighted by atomic mass is 16.3. The highest BCUT2D eigenvalue weighted by Gasteiger charge is 2.16. The van der Waals surface area contributed by atoms with Gasteiger partial charge < -0.3 is 10.2 Å². The Labute approximate surface area is 149 Å². The lowest BCUT2D eigenvalue weighted by Crippen LogP contribution is -2.26. The maximum absolute atomic E-state index is 11.7. The largest absolute Gasteiger partial charge is 0.378 e. The molecule has 2 aromatic carbocycles. The molecule has 2 rings (SSSR count). The number of carbonyl (C=O) groups is 2. The van der Waals surface area contributed by atoms with E-state index < -0.39 is 24.0 Å². The van der Waals surface area contributed by atoms with Crippen molar-refractivity contribution in [3.8, 4) is 0 Å². The van der Waals surface area contributed by atoms with E-state index in [0.29, 0.717) is 11.1 Å². The number of hydrazone groups is 2. The van der Waals surface area contributed by atoms with E-state index in [1.165, 1.54) is 0 Å². The number of nitrogens with one attached hydrogen (secondary N) is 2. The third kappa shape index (κ3) is 5.62. The van der Waals surface area contributed by atoms with E-state index in [9.17, 15) is 19.8 Å². The van der Waals surface area contributed by atoms with Crippen LogP contribution in [0.5, 0.6) is 0 Å². The number of aliphatic hydroxyl groups is 2. The molecule has 0 unspecified atom stereocenters. The van der Waals surface area contributed by atoms with Gasteiger partial charge in [0.25, 0.3) is 11.8 Å². The first-order valence-corrected chi connectivity index (χ1v) is 7.70. The molecule has 0 saturated heterocycles. The van der Waals surface area contributed by atoms with E-state index in [1.807, 2.05) is 0 Å². The molecule has 2 aromatic rings. The van der Waals surface area contributed by atoms with Gasteiger partial charge >= 0.3 is 0 Å². The zero-order valence-electron chi connectivity index (χ0n) is 13.7. The first-order chi connectivity index (χ1) is 12.6. The third-order valence-corrected chi connectivity index (χ3v) is 3.29. The average Bonchev–Trinajstić information content (AvgIpc) is 2.70. The predicted molar refractivity (Wildman–Crippen MR) is 96.1 cm³/mol. The van der Waals surface area contributed by atoms with Crippen molar-refractivity contribution >= 4 is 24.2 Å². The molecule has 0 fully saturated rings. The van der Waals surface area contributed by atoms with E-state index in [4.69, 9.17) is 0 Å². The van der Waals surface area contributed by atoms with Crippen LogP contribution in [-0.2, 0) is 9.59 Å². The summed E-state index contributed by atoms with van der Waals surface area (Å²) in [4.78, 5) is 23.4. The highest BCUT2D eigenvalue weighted by molar-refractivity contribution is 6.16. The molecule has 134 valence electrons. The summed E-state index contributed by atoms with van der Waals surface area (Å²) in [5, 5.41) is 26.8. The Morgan fingerprint density at radius 1 is 0.731 bits per heavy atom. The van der Waals surface area contributed by atoms with Crippen molar-refractivity contribution < 1.29 is 19.8 Å². The minimum atomic E-state index is -1.34. The summed E-state index contributed by atoms with van der Waals surface area (Å²) in [5.41, 5.74) is 5.17. The Morgan fingerprint density at radius 3 is 1.42 bits per heavy atom. The van der Waals surface area contributed by atoms with Crippen LogP contribution < -0.4 is 10.9 Å². The Hall–Kier alpha value is -3.36. The smallest absolute Gasteiger partial charge is 0.273 e. The van der Waals surface area contributed by atoms with Gasteiger partial charge in [-0.05, 0) is 11.1 Å². The van der Waals surface area contributed by atoms with Crippen molar-refractivity contribution in [3.63, 3.8) is 0 Å². The van der Waals surface area contributed by atoms with Gasteiger partial charge in [-0.1, -0.05) is 60.7 Å². The Bertz CT molecular complexity index is 711. The van der Waals surface area contributed by atoms with Crippen LogP contribution in [0.4, 0.5) is 0 Å². The molecule has 2 atom stereocenters. The standard InChI is InChI=1S/C18H18N4O4/c23-15(13-7-3-1-4-8-13)17(25)21-19-11-12-20-22-18(26)16(24)14-9-5-2-6-10-14/h1-12,15-16,23-24H,(H,21,25)(H,22,26)/b19-11-,20-12-/t15-,16+. The number of carbonyl (C=O) groups excluding carboxylic acids is 2. The molecular formula is C18H18N4O4. The van der Waals surface area contributed by atoms with Crippen LogP contribution in [0.1, 0.15) is 23.3 Å². The van der Waals surface area contributed by atoms with Gasteiger partial charge in [0.1, 0.15) is 0 Å². The molecule has 26 heavy (non-hydrogen) atoms. The number of hydrogen-bond acceptors (Lipinski definition) is 6. The van der Waals surface area contributed by atoms with Crippen LogP contribution in [-0.4, -0.2) is 34.5 Å². The van der Waals surface area contributed by atoms with E-state index in [0.717, 1.165) is 12.4 Å². The average molecular weight is 354 g/mol. The van der Waals surface area contributed by atoms with Crippen molar-refractivity contribution in [1.29, 1.82) is 0 Å². The van der Waals surface area contributed by atoms with Crippen molar-refractivity contribution in [2.24, 2.45) is 10.2 Å². The SMILES string of the molecule is O=C(N/N=C\C=N/NC(=O)[C@H](O)c1ccccc1)[C@@H](O)c1ccccc1. The fourth-order valence-electron chi connectivity index (χ4n) is 1.96. The van der Waals surface area contributed by atoms with Crippen LogP contribution in [0.15, 0.2) is 70.9 Å². The summed E-state index contributed by atoms with van der Waals surface area (Å²) in [6.07, 6.45) is -0.452. The second kappa shape index (κ2) is 9.82. The Kier molecular flexibility index (Phi) is 7.17. The zero-order valence-corrected chi connectivity index (χ0v) is 13.7. The van der Waals surface area contributed by atoms with Gasteiger partial charge in [-0.15, -0.1) is 0 Å². The van der Waals surface area contributed by atoms with Crippen LogP contribution in [0.2, 0.25) is 0 Å². The summed E-state index contributed by atoms with van der Waals surface area (Å²) in [6.45, 7) is 0. The molecule has 0 aliphatic carbocycles. The second-order valence-electron chi connectivity index (χ2n) is 5.13. The molecule has 0 aliphatic heterocycles. The highest BCUT2D eigenvalue weighted by Crippen LogP contribution is 2.12. The van der Waals surface area contributed by atoms with Crippen molar-refractivity contribution in [2.75, 3.05) is 0 Å². The minimum Gasteiger partial charge on any atom is -0.378 e. The maximum atomic E-state index is 11.7. The van der Waals surface area contributed by atoms with E-state index >= 15 is 0 Å². The topological polar surface area (TPSA) is 123 Å². The maximum Gasteiger partial charge on any atom is 0.273 e. The van der Waals surface area contributed by atoms with Gasteiger partial charge in [-0.25, -0.2) is 10.9 Å². The van der Waals surface area contributed by atoms with Gasteiger partial charge in [-0.2, -0.15) is 10.2 Å². The fourth-order valence-corrected chi connectivity index (χ4v) is 1.96. The minimum absolute atomic E-state index is 0.441. The molecule has 0 radical (unpaired) electrons. The first kappa shape index (κ1) is 19.0. The number of hydrogen-bond donors (Lipinski definition) is 4. The van der Waals surface area contributed by atoms with E-state index in [1.54, 1.807) is 60.7 Å². The second-order valence-corrected chi connectivity index (χ2v) is 5.13. The molecule has 0 heterocycles. The third-order valence-electron chi connectivity index (χ3n) is 3.29. The van der Waals surface area contributed by atoms with Crippen LogP contribution >= 0.6 is 0 Å². The molecule has 0 spiro atoms. The molecular weight excluding hydrogens is 336 g/mol. The van der Waals surface area contributed by atoms with Crippen molar-refractivity contribution in [3.05, 3.63) is 71.8 Å². The van der Waals surface area contributed by atoms with Gasteiger partial charge in [0.15, 0.2) is 12.2 Å². The first-order valence-electron chi connectivity index (χ1n) is 7.70. The molecule has 0 aliphatic rings. The monoisotopic (exact) mass is 354 g/mol. The van der Waals surface area contributed by atoms with E-state index in [2.05, 4.69) is 21.1 Å². The van der Waals surface area contributed by atoms with Gasteiger partial charge in [0, 0.05) is 0 Å². The molecule has 0 saturated carbocycles. The lowest BCUT2D eigenvalue weighted by molar-refractivity contribution is -0.130. The molecule has 0 aromatic heterocycles. The number of rotatable bonds is 7. The van der Waals surface area contributed by atoms with Crippen LogP contribution in [0.25, 0.3) is 0 Å². The number of nitrogens with zero attached hydrogens (tertiary/aromatic N) is 2. The van der Waals surface area contributed by atoms with E-state index in [-0.39, 0.29) is 0 Å². The molecule has 0 bridgehead atoms. The molecule has 2 amide bonds. The summed E-state index contributed by atoms with van der Waals surface area (Å²) < 4.78 is 0. The quantitative estimate of drug-likeness (QED) is 0.431. The number of aliphatic hydroxyl groups excluding tert-OH is 2. The molecule has 8 nitrogen and oxygen atoms in total. The molecule has 4 N–H and O–H groups in total. The normalized spacial score (nSPS) is 13.5. The Morgan fingerprint density at radius 2 is 1.08 bits per heavy atom. The Balaban J connectivity index is 1.76. The van der Waals surface area contributed by atoms with Crippen LogP contribution in [0.3, 0.4) is 0 Å². The zero-order chi connectivity index (χ0) is 18.8. The summed E-state index contributed by atoms with van der Waals surface area (Å²) in [7, 11) is 0. The predicted octanol–water partition coefficient (Wildman–Crippen LogP) is 0.658. The summed E-state index contributed by atoms with van der Waals surface area (Å²) in [6, 6.07) is 16.8. The van der Waals surface area contributed by atoms with Gasteiger partial charge in [-0.3, -0.25) is 9.59 Å². The van der Waals surface area contributed by atoms with Crippen molar-refractivity contribution in [1.82, 2.24) is 10.9 Å². The lowest BCUT2D eigenvalue weighted by atomic mass is 10.1. The van der Waals surface area contributed by atoms with Crippen molar-refractivity contribution in [2.45, 2.75) is 12.2 Å². The number of benzene rings is 2. The van der Waals surface area contributed by atoms with Crippen LogP contribution in [0, 0.1) is 0 Å². The van der Waals surface area contributed by atoms with Gasteiger partial charge in [0.05, 0.1) is 12.4 Å².